The van der Waals surface area contributed by atoms with Crippen molar-refractivity contribution >= 4 is 11.8 Å². The number of amides is 2. The number of hydrogen-bond acceptors (Lipinski definition) is 4. The van der Waals surface area contributed by atoms with E-state index in [1.165, 1.54) is 0 Å². The molecule has 0 saturated carbocycles. The average molecular weight is 380 g/mol. The van der Waals surface area contributed by atoms with Crippen LogP contribution in [-0.4, -0.2) is 38.1 Å². The summed E-state index contributed by atoms with van der Waals surface area (Å²) in [6.45, 7) is 1.69. The summed E-state index contributed by atoms with van der Waals surface area (Å²) in [7, 11) is 0. The van der Waals surface area contributed by atoms with Gasteiger partial charge in [0.25, 0.3) is 11.8 Å². The predicted molar refractivity (Wildman–Crippen MR) is 107 cm³/mol. The molecule has 3 rings (SSSR count). The van der Waals surface area contributed by atoms with Gasteiger partial charge in [-0.25, -0.2) is 0 Å². The van der Waals surface area contributed by atoms with E-state index in [0.29, 0.717) is 48.9 Å². The molecule has 0 radical (unpaired) electrons. The Labute approximate surface area is 164 Å². The molecular weight excluding hydrogens is 356 g/mol. The van der Waals surface area contributed by atoms with Crippen LogP contribution < -0.4 is 20.1 Å². The second-order valence-corrected chi connectivity index (χ2v) is 6.29. The highest BCUT2D eigenvalue weighted by Crippen LogP contribution is 2.20. The van der Waals surface area contributed by atoms with Gasteiger partial charge < -0.3 is 20.1 Å². The molecule has 2 amide bonds. The highest BCUT2D eigenvalue weighted by molar-refractivity contribution is 5.97. The maximum Gasteiger partial charge on any atom is 0.255 e. The highest BCUT2D eigenvalue weighted by Gasteiger charge is 2.12. The van der Waals surface area contributed by atoms with Crippen molar-refractivity contribution in [1.29, 1.82) is 0 Å². The van der Waals surface area contributed by atoms with Crippen LogP contribution in [0.25, 0.3) is 0 Å². The van der Waals surface area contributed by atoms with Crippen molar-refractivity contribution < 1.29 is 19.1 Å². The summed E-state index contributed by atoms with van der Waals surface area (Å²) in [6.07, 6.45) is 5.14. The maximum absolute atomic E-state index is 12.4. The van der Waals surface area contributed by atoms with Crippen LogP contribution in [0.5, 0.6) is 11.5 Å². The van der Waals surface area contributed by atoms with E-state index in [1.807, 2.05) is 24.3 Å². The van der Waals surface area contributed by atoms with Crippen LogP contribution in [0.4, 0.5) is 0 Å². The number of rotatable bonds is 0. The lowest BCUT2D eigenvalue weighted by Crippen LogP contribution is -2.26. The number of carbonyl (C=O) groups is 2. The van der Waals surface area contributed by atoms with Crippen LogP contribution in [0.15, 0.2) is 60.7 Å². The number of carbonyl (C=O) groups excluding carboxylic acids is 2. The number of hydrogen-bond donors (Lipinski definition) is 2. The molecule has 0 atom stereocenters. The van der Waals surface area contributed by atoms with Gasteiger partial charge in [-0.15, -0.1) is 0 Å². The SMILES string of the molecule is O=C1NC/C=C/CNC(=O)c2ccccc2OCCCCOc2ccccc21. The minimum absolute atomic E-state index is 0.192. The fourth-order valence-corrected chi connectivity index (χ4v) is 2.79. The normalized spacial score (nSPS) is 17.3. The van der Waals surface area contributed by atoms with Gasteiger partial charge in [0, 0.05) is 13.1 Å². The Morgan fingerprint density at radius 2 is 1.07 bits per heavy atom. The summed E-state index contributed by atoms with van der Waals surface area (Å²) >= 11 is 0. The van der Waals surface area contributed by atoms with Crippen LogP contribution in [0.3, 0.4) is 0 Å². The minimum atomic E-state index is -0.192. The smallest absolute Gasteiger partial charge is 0.255 e. The largest absolute Gasteiger partial charge is 0.493 e. The van der Waals surface area contributed by atoms with Gasteiger partial charge in [0.1, 0.15) is 11.5 Å². The fraction of sp³-hybridized carbons (Fsp3) is 0.273. The van der Waals surface area contributed by atoms with E-state index in [0.717, 1.165) is 12.8 Å². The molecular formula is C22H24N2O4. The Morgan fingerprint density at radius 1 is 0.643 bits per heavy atom. The summed E-state index contributed by atoms with van der Waals surface area (Å²) in [5, 5.41) is 5.66. The fourth-order valence-electron chi connectivity index (χ4n) is 2.79. The molecule has 2 aromatic carbocycles. The van der Waals surface area contributed by atoms with Gasteiger partial charge in [0.05, 0.1) is 24.3 Å². The lowest BCUT2D eigenvalue weighted by Gasteiger charge is -2.13. The van der Waals surface area contributed by atoms with E-state index in [9.17, 15) is 9.59 Å². The number of benzene rings is 2. The van der Waals surface area contributed by atoms with Gasteiger partial charge in [-0.2, -0.15) is 0 Å². The summed E-state index contributed by atoms with van der Waals surface area (Å²) in [4.78, 5) is 24.7. The Morgan fingerprint density at radius 3 is 1.54 bits per heavy atom. The first-order valence-corrected chi connectivity index (χ1v) is 9.41. The molecule has 1 heterocycles. The molecule has 0 unspecified atom stereocenters. The zero-order valence-electron chi connectivity index (χ0n) is 15.6. The predicted octanol–water partition coefficient (Wildman–Crippen LogP) is 2.95. The number of fused-ring (bicyclic) bond motifs is 2. The van der Waals surface area contributed by atoms with E-state index in [4.69, 9.17) is 9.47 Å². The zero-order chi connectivity index (χ0) is 19.6. The van der Waals surface area contributed by atoms with Gasteiger partial charge in [-0.05, 0) is 37.1 Å². The Kier molecular flexibility index (Phi) is 7.07. The molecule has 1 aliphatic rings. The summed E-state index contributed by atoms with van der Waals surface area (Å²) < 4.78 is 11.6. The van der Waals surface area contributed by atoms with Crippen molar-refractivity contribution in [3.8, 4) is 11.5 Å². The first-order valence-electron chi connectivity index (χ1n) is 9.41. The van der Waals surface area contributed by atoms with Gasteiger partial charge in [-0.3, -0.25) is 9.59 Å². The number of nitrogens with one attached hydrogen (secondary N) is 2. The summed E-state index contributed by atoms with van der Waals surface area (Å²) in [6, 6.07) is 14.4. The van der Waals surface area contributed by atoms with Crippen molar-refractivity contribution in [2.24, 2.45) is 0 Å². The third-order valence-electron chi connectivity index (χ3n) is 4.24. The molecule has 2 N–H and O–H groups in total. The molecule has 0 fully saturated rings. The van der Waals surface area contributed by atoms with E-state index in [-0.39, 0.29) is 11.8 Å². The molecule has 0 spiro atoms. The molecule has 6 heteroatoms. The third-order valence-corrected chi connectivity index (χ3v) is 4.24. The highest BCUT2D eigenvalue weighted by atomic mass is 16.5. The molecule has 146 valence electrons. The van der Waals surface area contributed by atoms with Crippen molar-refractivity contribution in [3.05, 3.63) is 71.8 Å². The van der Waals surface area contributed by atoms with Crippen molar-refractivity contribution in [1.82, 2.24) is 10.6 Å². The monoisotopic (exact) mass is 380 g/mol. The summed E-state index contributed by atoms with van der Waals surface area (Å²) in [5.41, 5.74) is 1.02. The van der Waals surface area contributed by atoms with Crippen LogP contribution in [0, 0.1) is 0 Å². The van der Waals surface area contributed by atoms with E-state index < -0.39 is 0 Å². The number of para-hydroxylation sites is 2. The minimum Gasteiger partial charge on any atom is -0.493 e. The number of ether oxygens (including phenoxy) is 2. The van der Waals surface area contributed by atoms with Crippen molar-refractivity contribution in [3.63, 3.8) is 0 Å². The van der Waals surface area contributed by atoms with Gasteiger partial charge in [0.2, 0.25) is 0 Å². The van der Waals surface area contributed by atoms with Gasteiger partial charge in [-0.1, -0.05) is 36.4 Å². The molecule has 6 nitrogen and oxygen atoms in total. The second kappa shape index (κ2) is 10.2. The molecule has 0 saturated heterocycles. The Balaban J connectivity index is 1.70. The zero-order valence-corrected chi connectivity index (χ0v) is 15.6. The quantitative estimate of drug-likeness (QED) is 0.689. The van der Waals surface area contributed by atoms with Crippen LogP contribution in [0.1, 0.15) is 33.6 Å². The third kappa shape index (κ3) is 5.36. The molecule has 2 aromatic rings. The van der Waals surface area contributed by atoms with Crippen LogP contribution >= 0.6 is 0 Å². The molecule has 0 aliphatic carbocycles. The maximum atomic E-state index is 12.4. The second-order valence-electron chi connectivity index (χ2n) is 6.29. The average Bonchev–Trinajstić information content (AvgIpc) is 2.72. The van der Waals surface area contributed by atoms with Gasteiger partial charge >= 0.3 is 0 Å². The van der Waals surface area contributed by atoms with Gasteiger partial charge in [0.15, 0.2) is 0 Å². The Bertz CT molecular complexity index is 778. The van der Waals surface area contributed by atoms with Crippen LogP contribution in [0.2, 0.25) is 0 Å². The molecule has 0 aromatic heterocycles. The lowest BCUT2D eigenvalue weighted by atomic mass is 10.2. The van der Waals surface area contributed by atoms with E-state index >= 15 is 0 Å². The molecule has 28 heavy (non-hydrogen) atoms. The standard InChI is InChI=1S/C22H24N2O4/c25-21-17-9-1-3-11-19(17)27-15-7-8-16-28-20-12-4-2-10-18(20)22(26)24-14-6-5-13-23-21/h1-6,9-12H,7-8,13-16H2,(H,23,25)(H,24,26)/b6-5+. The van der Waals surface area contributed by atoms with Crippen molar-refractivity contribution in [2.45, 2.75) is 12.8 Å². The summed E-state index contributed by atoms with van der Waals surface area (Å²) in [5.74, 6) is 0.762. The lowest BCUT2D eigenvalue weighted by molar-refractivity contribution is 0.0943. The van der Waals surface area contributed by atoms with Crippen molar-refractivity contribution in [2.75, 3.05) is 26.3 Å². The molecule has 0 bridgehead atoms. The molecule has 1 aliphatic heterocycles. The van der Waals surface area contributed by atoms with E-state index in [2.05, 4.69) is 10.6 Å². The first kappa shape index (κ1) is 19.5. The topological polar surface area (TPSA) is 76.7 Å². The Hall–Kier alpha value is -3.28. The van der Waals surface area contributed by atoms with E-state index in [1.54, 1.807) is 36.4 Å². The van der Waals surface area contributed by atoms with Crippen LogP contribution in [-0.2, 0) is 0 Å². The first-order chi connectivity index (χ1) is 13.8.